The summed E-state index contributed by atoms with van der Waals surface area (Å²) in [5.41, 5.74) is 0.629. The summed E-state index contributed by atoms with van der Waals surface area (Å²) in [4.78, 5) is 0. The molecule has 2 rings (SSSR count). The van der Waals surface area contributed by atoms with Crippen molar-refractivity contribution in [2.75, 3.05) is 13.1 Å². The molecule has 0 aromatic rings. The molecule has 1 aliphatic carbocycles. The summed E-state index contributed by atoms with van der Waals surface area (Å²) in [7, 11) is 0. The van der Waals surface area contributed by atoms with Gasteiger partial charge in [-0.25, -0.2) is 0 Å². The maximum absolute atomic E-state index is 5.73. The second-order valence-electron chi connectivity index (χ2n) is 5.09. The summed E-state index contributed by atoms with van der Waals surface area (Å²) in [5.74, 6) is 0. The van der Waals surface area contributed by atoms with Crippen LogP contribution in [0, 0.1) is 5.41 Å². The van der Waals surface area contributed by atoms with E-state index in [9.17, 15) is 0 Å². The monoisotopic (exact) mass is 183 g/mol. The zero-order valence-electron chi connectivity index (χ0n) is 8.81. The van der Waals surface area contributed by atoms with Gasteiger partial charge in [0, 0.05) is 13.1 Å². The predicted octanol–water partition coefficient (Wildman–Crippen LogP) is 1.94. The van der Waals surface area contributed by atoms with Crippen LogP contribution in [0.3, 0.4) is 0 Å². The first kappa shape index (κ1) is 9.47. The highest BCUT2D eigenvalue weighted by Crippen LogP contribution is 2.44. The molecule has 0 aromatic heterocycles. The third-order valence-corrected chi connectivity index (χ3v) is 3.35. The van der Waals surface area contributed by atoms with Crippen molar-refractivity contribution in [3.05, 3.63) is 0 Å². The number of nitrogens with one attached hydrogen (secondary N) is 1. The molecule has 13 heavy (non-hydrogen) atoms. The van der Waals surface area contributed by atoms with Crippen LogP contribution in [-0.4, -0.2) is 25.3 Å². The second-order valence-corrected chi connectivity index (χ2v) is 5.09. The van der Waals surface area contributed by atoms with Crippen LogP contribution in [0.15, 0.2) is 0 Å². The summed E-state index contributed by atoms with van der Waals surface area (Å²) in [6.07, 6.45) is 6.26. The number of hydrogen-bond donors (Lipinski definition) is 1. The van der Waals surface area contributed by atoms with Gasteiger partial charge in [0.25, 0.3) is 0 Å². The van der Waals surface area contributed by atoms with Gasteiger partial charge in [0.1, 0.15) is 0 Å². The predicted molar refractivity (Wildman–Crippen MR) is 53.8 cm³/mol. The highest BCUT2D eigenvalue weighted by atomic mass is 16.5. The van der Waals surface area contributed by atoms with E-state index in [0.717, 1.165) is 6.54 Å². The van der Waals surface area contributed by atoms with Gasteiger partial charge >= 0.3 is 0 Å². The Morgan fingerprint density at radius 2 is 2.15 bits per heavy atom. The quantitative estimate of drug-likeness (QED) is 0.719. The van der Waals surface area contributed by atoms with Crippen LogP contribution in [0.2, 0.25) is 0 Å². The molecule has 1 heterocycles. The van der Waals surface area contributed by atoms with Crippen molar-refractivity contribution >= 4 is 0 Å². The van der Waals surface area contributed by atoms with Crippen molar-refractivity contribution in [2.45, 2.75) is 51.7 Å². The van der Waals surface area contributed by atoms with E-state index in [0.29, 0.717) is 17.6 Å². The van der Waals surface area contributed by atoms with Crippen LogP contribution in [0.4, 0.5) is 0 Å². The van der Waals surface area contributed by atoms with Crippen LogP contribution in [0.1, 0.15) is 39.5 Å². The third kappa shape index (κ3) is 2.68. The fraction of sp³-hybridized carbons (Fsp3) is 1.00. The Labute approximate surface area is 81.0 Å². The van der Waals surface area contributed by atoms with Crippen molar-refractivity contribution in [3.63, 3.8) is 0 Å². The Bertz CT molecular complexity index is 177. The Balaban J connectivity index is 1.58. The minimum Gasteiger partial charge on any atom is -0.374 e. The molecule has 0 amide bonds. The average molecular weight is 183 g/mol. The molecular formula is C11H21NO. The maximum atomic E-state index is 5.73. The third-order valence-electron chi connectivity index (χ3n) is 3.35. The lowest BCUT2D eigenvalue weighted by Gasteiger charge is -2.14. The Kier molecular flexibility index (Phi) is 2.61. The van der Waals surface area contributed by atoms with Crippen molar-refractivity contribution in [3.8, 4) is 0 Å². The van der Waals surface area contributed by atoms with Crippen LogP contribution < -0.4 is 5.32 Å². The van der Waals surface area contributed by atoms with Crippen molar-refractivity contribution in [2.24, 2.45) is 5.41 Å². The fourth-order valence-corrected chi connectivity index (χ4v) is 1.96. The molecule has 0 bridgehead atoms. The molecule has 0 spiro atoms. The van der Waals surface area contributed by atoms with Crippen LogP contribution in [0.5, 0.6) is 0 Å². The highest BCUT2D eigenvalue weighted by molar-refractivity contribution is 4.90. The lowest BCUT2D eigenvalue weighted by atomic mass is 10.1. The Morgan fingerprint density at radius 1 is 1.38 bits per heavy atom. The molecule has 1 saturated heterocycles. The normalized spacial score (nSPS) is 36.5. The Morgan fingerprint density at radius 3 is 2.69 bits per heavy atom. The van der Waals surface area contributed by atoms with Gasteiger partial charge in [0.15, 0.2) is 0 Å². The van der Waals surface area contributed by atoms with Gasteiger partial charge in [0.05, 0.1) is 12.2 Å². The topological polar surface area (TPSA) is 21.3 Å². The number of rotatable bonds is 4. The molecule has 2 nitrogen and oxygen atoms in total. The molecule has 2 heteroatoms. The van der Waals surface area contributed by atoms with E-state index < -0.39 is 0 Å². The van der Waals surface area contributed by atoms with Gasteiger partial charge in [-0.1, -0.05) is 6.92 Å². The second kappa shape index (κ2) is 3.58. The molecule has 2 unspecified atom stereocenters. The van der Waals surface area contributed by atoms with Crippen molar-refractivity contribution in [1.29, 1.82) is 0 Å². The maximum Gasteiger partial charge on any atom is 0.0704 e. The molecule has 1 saturated carbocycles. The molecule has 2 aliphatic rings. The number of hydrogen-bond acceptors (Lipinski definition) is 2. The molecule has 1 N–H and O–H groups in total. The van der Waals surface area contributed by atoms with Gasteiger partial charge in [-0.3, -0.25) is 0 Å². The first-order chi connectivity index (χ1) is 6.18. The lowest BCUT2D eigenvalue weighted by Crippen LogP contribution is -2.30. The van der Waals surface area contributed by atoms with Gasteiger partial charge in [-0.05, 0) is 38.0 Å². The lowest BCUT2D eigenvalue weighted by molar-refractivity contribution is 0.0555. The van der Waals surface area contributed by atoms with Gasteiger partial charge in [-0.15, -0.1) is 0 Å². The number of ether oxygens (including phenoxy) is 1. The standard InChI is InChI=1S/C11H21NO/c1-9-3-4-10(13-9)7-12-8-11(2)5-6-11/h9-10,12H,3-8H2,1-2H3. The van der Waals surface area contributed by atoms with Crippen molar-refractivity contribution in [1.82, 2.24) is 5.32 Å². The first-order valence-electron chi connectivity index (χ1n) is 5.54. The molecule has 2 fully saturated rings. The summed E-state index contributed by atoms with van der Waals surface area (Å²) in [6.45, 7) is 6.77. The van der Waals surface area contributed by atoms with E-state index in [2.05, 4.69) is 19.2 Å². The molecule has 0 aromatic carbocycles. The van der Waals surface area contributed by atoms with Gasteiger partial charge in [-0.2, -0.15) is 0 Å². The molecular weight excluding hydrogens is 162 g/mol. The van der Waals surface area contributed by atoms with E-state index in [-0.39, 0.29) is 0 Å². The van der Waals surface area contributed by atoms with E-state index in [1.807, 2.05) is 0 Å². The zero-order valence-corrected chi connectivity index (χ0v) is 8.81. The first-order valence-corrected chi connectivity index (χ1v) is 5.54. The molecule has 2 atom stereocenters. The van der Waals surface area contributed by atoms with Crippen LogP contribution >= 0.6 is 0 Å². The molecule has 0 radical (unpaired) electrons. The smallest absolute Gasteiger partial charge is 0.0704 e. The van der Waals surface area contributed by atoms with Gasteiger partial charge in [0.2, 0.25) is 0 Å². The van der Waals surface area contributed by atoms with Crippen LogP contribution in [-0.2, 0) is 4.74 Å². The SMILES string of the molecule is CC1CCC(CNCC2(C)CC2)O1. The van der Waals surface area contributed by atoms with E-state index in [1.165, 1.54) is 32.2 Å². The van der Waals surface area contributed by atoms with Crippen LogP contribution in [0.25, 0.3) is 0 Å². The largest absolute Gasteiger partial charge is 0.374 e. The zero-order chi connectivity index (χ0) is 9.31. The van der Waals surface area contributed by atoms with E-state index in [1.54, 1.807) is 0 Å². The minimum absolute atomic E-state index is 0.484. The highest BCUT2D eigenvalue weighted by Gasteiger charge is 2.36. The summed E-state index contributed by atoms with van der Waals surface area (Å²) in [5, 5.41) is 3.53. The summed E-state index contributed by atoms with van der Waals surface area (Å²) < 4.78 is 5.73. The van der Waals surface area contributed by atoms with Gasteiger partial charge < -0.3 is 10.1 Å². The minimum atomic E-state index is 0.484. The molecule has 1 aliphatic heterocycles. The molecule has 76 valence electrons. The van der Waals surface area contributed by atoms with E-state index >= 15 is 0 Å². The Hall–Kier alpha value is -0.0800. The fourth-order valence-electron chi connectivity index (χ4n) is 1.96. The summed E-state index contributed by atoms with van der Waals surface area (Å²) >= 11 is 0. The average Bonchev–Trinajstić information content (AvgIpc) is 2.65. The van der Waals surface area contributed by atoms with Crippen molar-refractivity contribution < 1.29 is 4.74 Å². The summed E-state index contributed by atoms with van der Waals surface area (Å²) in [6, 6.07) is 0. The van der Waals surface area contributed by atoms with E-state index in [4.69, 9.17) is 4.74 Å².